The lowest BCUT2D eigenvalue weighted by molar-refractivity contribution is -0.116. The number of carbonyl (C=O) groups excluding carboxylic acids is 2. The molecule has 0 spiro atoms. The van der Waals surface area contributed by atoms with Crippen molar-refractivity contribution in [1.82, 2.24) is 10.3 Å². The zero-order valence-electron chi connectivity index (χ0n) is 15.0. The van der Waals surface area contributed by atoms with Gasteiger partial charge >= 0.3 is 0 Å². The standard InChI is InChI=1S/C19H21FN4O2/c1-4-5-15(25)23-12-6-7-24(9-12)18-14(20)8-13(19(21)26)17-16(18)10(2)11(3)22-17/h8,12,22H,6-7,9H2,1-3H3,(H2,21,26)(H,23,25)/t12-/m0/s1. The predicted molar refractivity (Wildman–Crippen MR) is 98.5 cm³/mol. The molecule has 0 unspecified atom stereocenters. The van der Waals surface area contributed by atoms with E-state index in [4.69, 9.17) is 5.73 Å². The van der Waals surface area contributed by atoms with Crippen LogP contribution in [0.1, 0.15) is 35.0 Å². The molecule has 2 aromatic rings. The number of benzene rings is 1. The summed E-state index contributed by atoms with van der Waals surface area (Å²) in [4.78, 5) is 28.4. The molecule has 2 heterocycles. The number of fused-ring (bicyclic) bond motifs is 1. The Morgan fingerprint density at radius 3 is 2.81 bits per heavy atom. The molecular weight excluding hydrogens is 335 g/mol. The number of aromatic amines is 1. The highest BCUT2D eigenvalue weighted by molar-refractivity contribution is 6.10. The summed E-state index contributed by atoms with van der Waals surface area (Å²) in [5.41, 5.74) is 8.27. The van der Waals surface area contributed by atoms with Gasteiger partial charge in [0, 0.05) is 30.2 Å². The second kappa shape index (κ2) is 6.71. The number of aromatic nitrogens is 1. The number of nitrogens with two attached hydrogens (primary N) is 1. The largest absolute Gasteiger partial charge is 0.366 e. The number of H-pyrrole nitrogens is 1. The van der Waals surface area contributed by atoms with Gasteiger partial charge in [0.15, 0.2) is 0 Å². The molecule has 2 amide bonds. The smallest absolute Gasteiger partial charge is 0.296 e. The van der Waals surface area contributed by atoms with E-state index in [1.807, 2.05) is 18.7 Å². The minimum absolute atomic E-state index is 0.103. The quantitative estimate of drug-likeness (QED) is 0.732. The van der Waals surface area contributed by atoms with Crippen LogP contribution >= 0.6 is 0 Å². The minimum Gasteiger partial charge on any atom is -0.366 e. The van der Waals surface area contributed by atoms with E-state index in [2.05, 4.69) is 22.1 Å². The highest BCUT2D eigenvalue weighted by Gasteiger charge is 2.29. The van der Waals surface area contributed by atoms with Gasteiger partial charge in [-0.1, -0.05) is 5.92 Å². The Bertz CT molecular complexity index is 968. The molecule has 1 aromatic carbocycles. The van der Waals surface area contributed by atoms with Crippen LogP contribution in [0, 0.1) is 31.5 Å². The summed E-state index contributed by atoms with van der Waals surface area (Å²) in [6.07, 6.45) is 0.693. The molecule has 26 heavy (non-hydrogen) atoms. The third-order valence-corrected chi connectivity index (χ3v) is 4.85. The Morgan fingerprint density at radius 2 is 2.15 bits per heavy atom. The van der Waals surface area contributed by atoms with Gasteiger partial charge in [0.2, 0.25) is 0 Å². The van der Waals surface area contributed by atoms with Gasteiger partial charge in [0.1, 0.15) is 5.82 Å². The SMILES string of the molecule is CC#CC(=O)N[C@H]1CCN(c2c(F)cc(C(N)=O)c3[nH]c(C)c(C)c23)C1. The zero-order chi connectivity index (χ0) is 19.0. The van der Waals surface area contributed by atoms with E-state index < -0.39 is 11.7 Å². The molecule has 0 saturated carbocycles. The highest BCUT2D eigenvalue weighted by Crippen LogP contribution is 2.37. The average Bonchev–Trinajstić information content (AvgIpc) is 3.13. The summed E-state index contributed by atoms with van der Waals surface area (Å²) in [5.74, 6) is 3.52. The first kappa shape index (κ1) is 17.8. The topological polar surface area (TPSA) is 91.2 Å². The average molecular weight is 356 g/mol. The van der Waals surface area contributed by atoms with Gasteiger partial charge in [-0.15, -0.1) is 0 Å². The monoisotopic (exact) mass is 356 g/mol. The second-order valence-electron chi connectivity index (χ2n) is 6.52. The lowest BCUT2D eigenvalue weighted by Crippen LogP contribution is -2.36. The molecule has 3 rings (SSSR count). The summed E-state index contributed by atoms with van der Waals surface area (Å²) >= 11 is 0. The Kier molecular flexibility index (Phi) is 4.60. The van der Waals surface area contributed by atoms with Gasteiger partial charge in [-0.05, 0) is 44.7 Å². The van der Waals surface area contributed by atoms with Gasteiger partial charge in [-0.3, -0.25) is 9.59 Å². The van der Waals surface area contributed by atoms with E-state index >= 15 is 0 Å². The fourth-order valence-electron chi connectivity index (χ4n) is 3.52. The van der Waals surface area contributed by atoms with Gasteiger partial charge in [-0.2, -0.15) is 0 Å². The number of hydrogen-bond acceptors (Lipinski definition) is 3. The summed E-state index contributed by atoms with van der Waals surface area (Å²) in [6.45, 7) is 6.43. The third kappa shape index (κ3) is 2.99. The van der Waals surface area contributed by atoms with Crippen molar-refractivity contribution >= 4 is 28.4 Å². The van der Waals surface area contributed by atoms with Crippen LogP contribution in [0.2, 0.25) is 0 Å². The summed E-state index contributed by atoms with van der Waals surface area (Å²) in [5, 5.41) is 3.50. The fraction of sp³-hybridized carbons (Fsp3) is 0.368. The molecule has 7 heteroatoms. The maximum Gasteiger partial charge on any atom is 0.296 e. The number of carbonyl (C=O) groups is 2. The molecule has 1 atom stereocenters. The van der Waals surface area contributed by atoms with Gasteiger partial charge < -0.3 is 20.9 Å². The van der Waals surface area contributed by atoms with Crippen molar-refractivity contribution in [2.75, 3.05) is 18.0 Å². The van der Waals surface area contributed by atoms with Crippen LogP contribution in [-0.4, -0.2) is 35.9 Å². The first-order chi connectivity index (χ1) is 12.3. The zero-order valence-corrected chi connectivity index (χ0v) is 15.0. The molecule has 0 bridgehead atoms. The molecule has 1 aliphatic heterocycles. The molecule has 0 radical (unpaired) electrons. The van der Waals surface area contributed by atoms with E-state index in [1.54, 1.807) is 6.92 Å². The van der Waals surface area contributed by atoms with Crippen molar-refractivity contribution in [3.05, 3.63) is 28.7 Å². The first-order valence-corrected chi connectivity index (χ1v) is 8.42. The maximum atomic E-state index is 14.9. The molecule has 6 nitrogen and oxygen atoms in total. The molecule has 4 N–H and O–H groups in total. The number of nitrogens with zero attached hydrogens (tertiary/aromatic N) is 1. The van der Waals surface area contributed by atoms with Crippen LogP contribution in [-0.2, 0) is 4.79 Å². The molecule has 1 aliphatic rings. The van der Waals surface area contributed by atoms with Crippen molar-refractivity contribution in [2.24, 2.45) is 5.73 Å². The third-order valence-electron chi connectivity index (χ3n) is 4.85. The molecule has 0 aliphatic carbocycles. The number of hydrogen-bond donors (Lipinski definition) is 3. The van der Waals surface area contributed by atoms with Crippen molar-refractivity contribution in [3.63, 3.8) is 0 Å². The summed E-state index contributed by atoms with van der Waals surface area (Å²) in [6, 6.07) is 1.08. The summed E-state index contributed by atoms with van der Waals surface area (Å²) in [7, 11) is 0. The van der Waals surface area contributed by atoms with Crippen molar-refractivity contribution in [2.45, 2.75) is 33.2 Å². The Hall–Kier alpha value is -3.01. The highest BCUT2D eigenvalue weighted by atomic mass is 19.1. The van der Waals surface area contributed by atoms with Gasteiger partial charge in [-0.25, -0.2) is 4.39 Å². The molecule has 1 aromatic heterocycles. The van der Waals surface area contributed by atoms with Crippen LogP contribution in [0.4, 0.5) is 10.1 Å². The van der Waals surface area contributed by atoms with E-state index in [9.17, 15) is 14.0 Å². The fourth-order valence-corrected chi connectivity index (χ4v) is 3.52. The Morgan fingerprint density at radius 1 is 1.42 bits per heavy atom. The van der Waals surface area contributed by atoms with Crippen LogP contribution < -0.4 is 16.0 Å². The Balaban J connectivity index is 2.02. The first-order valence-electron chi connectivity index (χ1n) is 8.42. The Labute approximate surface area is 150 Å². The van der Waals surface area contributed by atoms with Crippen molar-refractivity contribution in [3.8, 4) is 11.8 Å². The van der Waals surface area contributed by atoms with Crippen LogP contribution in [0.25, 0.3) is 10.9 Å². The number of primary amides is 1. The maximum absolute atomic E-state index is 14.9. The van der Waals surface area contributed by atoms with Gasteiger partial charge in [0.25, 0.3) is 11.8 Å². The van der Waals surface area contributed by atoms with E-state index in [1.165, 1.54) is 6.07 Å². The molecular formula is C19H21FN4O2. The predicted octanol–water partition coefficient (Wildman–Crippen LogP) is 1.74. The molecule has 1 saturated heterocycles. The lowest BCUT2D eigenvalue weighted by atomic mass is 10.0. The van der Waals surface area contributed by atoms with E-state index in [-0.39, 0.29) is 17.5 Å². The van der Waals surface area contributed by atoms with Gasteiger partial charge in [0.05, 0.1) is 16.8 Å². The number of nitrogens with one attached hydrogen (secondary N) is 2. The molecule has 1 fully saturated rings. The number of aryl methyl sites for hydroxylation is 2. The minimum atomic E-state index is -0.675. The lowest BCUT2D eigenvalue weighted by Gasteiger charge is -2.22. The van der Waals surface area contributed by atoms with E-state index in [0.717, 1.165) is 11.3 Å². The number of anilines is 1. The van der Waals surface area contributed by atoms with Crippen molar-refractivity contribution < 1.29 is 14.0 Å². The van der Waals surface area contributed by atoms with Crippen molar-refractivity contribution in [1.29, 1.82) is 0 Å². The number of halogens is 1. The number of rotatable bonds is 3. The normalized spacial score (nSPS) is 16.5. The van der Waals surface area contributed by atoms with E-state index in [0.29, 0.717) is 36.1 Å². The van der Waals surface area contributed by atoms with Crippen LogP contribution in [0.15, 0.2) is 6.07 Å². The summed E-state index contributed by atoms with van der Waals surface area (Å²) < 4.78 is 14.9. The van der Waals surface area contributed by atoms with Crippen LogP contribution in [0.5, 0.6) is 0 Å². The van der Waals surface area contributed by atoms with Crippen LogP contribution in [0.3, 0.4) is 0 Å². The second-order valence-corrected chi connectivity index (χ2v) is 6.52. The molecule has 136 valence electrons. The number of amides is 2.